The van der Waals surface area contributed by atoms with Crippen molar-refractivity contribution in [1.29, 1.82) is 0 Å². The number of nitrogens with zero attached hydrogens (tertiary/aromatic N) is 3. The Hall–Kier alpha value is -1.14. The van der Waals surface area contributed by atoms with Gasteiger partial charge in [-0.05, 0) is 44.0 Å². The molecule has 3 fully saturated rings. The van der Waals surface area contributed by atoms with E-state index in [2.05, 4.69) is 39.8 Å². The van der Waals surface area contributed by atoms with Gasteiger partial charge in [0.2, 0.25) is 0 Å². The van der Waals surface area contributed by atoms with E-state index in [-0.39, 0.29) is 0 Å². The van der Waals surface area contributed by atoms with Gasteiger partial charge in [0, 0.05) is 56.9 Å². The molecule has 144 valence electrons. The SMILES string of the molecule is COc1ccc(CN2C[C@H]3CCCN3C[C@@H]2C)cc1CN1CCOCC1. The third kappa shape index (κ3) is 4.06. The first-order valence-electron chi connectivity index (χ1n) is 10.2. The molecule has 0 spiro atoms. The highest BCUT2D eigenvalue weighted by Crippen LogP contribution is 2.27. The number of methoxy groups -OCH3 is 1. The van der Waals surface area contributed by atoms with Crippen molar-refractivity contribution < 1.29 is 9.47 Å². The van der Waals surface area contributed by atoms with E-state index in [0.29, 0.717) is 6.04 Å². The second-order valence-corrected chi connectivity index (χ2v) is 8.10. The van der Waals surface area contributed by atoms with Crippen LogP contribution in [0.25, 0.3) is 0 Å². The number of fused-ring (bicyclic) bond motifs is 1. The molecule has 3 aliphatic rings. The highest BCUT2D eigenvalue weighted by atomic mass is 16.5. The fraction of sp³-hybridized carbons (Fsp3) is 0.714. The third-order valence-electron chi connectivity index (χ3n) is 6.29. The van der Waals surface area contributed by atoms with Gasteiger partial charge in [-0.3, -0.25) is 14.7 Å². The molecule has 1 aromatic carbocycles. The Morgan fingerprint density at radius 1 is 1.12 bits per heavy atom. The fourth-order valence-electron chi connectivity index (χ4n) is 4.76. The van der Waals surface area contributed by atoms with Gasteiger partial charge >= 0.3 is 0 Å². The first-order valence-corrected chi connectivity index (χ1v) is 10.2. The molecule has 2 atom stereocenters. The Labute approximate surface area is 157 Å². The van der Waals surface area contributed by atoms with Crippen molar-refractivity contribution in [2.75, 3.05) is 53.0 Å². The van der Waals surface area contributed by atoms with Crippen molar-refractivity contribution in [3.05, 3.63) is 29.3 Å². The lowest BCUT2D eigenvalue weighted by Crippen LogP contribution is -2.54. The Kier molecular flexibility index (Phi) is 5.79. The Bertz CT molecular complexity index is 603. The van der Waals surface area contributed by atoms with Crippen LogP contribution < -0.4 is 4.74 Å². The summed E-state index contributed by atoms with van der Waals surface area (Å²) < 4.78 is 11.1. The summed E-state index contributed by atoms with van der Waals surface area (Å²) in [4.78, 5) is 7.83. The van der Waals surface area contributed by atoms with E-state index in [0.717, 1.165) is 51.2 Å². The lowest BCUT2D eigenvalue weighted by Gasteiger charge is -2.42. The summed E-state index contributed by atoms with van der Waals surface area (Å²) in [5, 5.41) is 0. The Balaban J connectivity index is 1.45. The van der Waals surface area contributed by atoms with Gasteiger partial charge in [0.1, 0.15) is 5.75 Å². The molecule has 5 heteroatoms. The van der Waals surface area contributed by atoms with E-state index < -0.39 is 0 Å². The highest BCUT2D eigenvalue weighted by molar-refractivity contribution is 5.37. The van der Waals surface area contributed by atoms with E-state index in [9.17, 15) is 0 Å². The van der Waals surface area contributed by atoms with Crippen LogP contribution in [-0.4, -0.2) is 79.8 Å². The van der Waals surface area contributed by atoms with Gasteiger partial charge in [0.05, 0.1) is 20.3 Å². The van der Waals surface area contributed by atoms with Gasteiger partial charge in [0.15, 0.2) is 0 Å². The summed E-state index contributed by atoms with van der Waals surface area (Å²) in [5.74, 6) is 1.01. The molecule has 26 heavy (non-hydrogen) atoms. The highest BCUT2D eigenvalue weighted by Gasteiger charge is 2.34. The zero-order chi connectivity index (χ0) is 17.9. The quantitative estimate of drug-likeness (QED) is 0.804. The molecule has 0 aliphatic carbocycles. The largest absolute Gasteiger partial charge is 0.496 e. The van der Waals surface area contributed by atoms with Crippen molar-refractivity contribution in [3.63, 3.8) is 0 Å². The number of morpholine rings is 1. The number of hydrogen-bond acceptors (Lipinski definition) is 5. The topological polar surface area (TPSA) is 28.2 Å². The van der Waals surface area contributed by atoms with Crippen molar-refractivity contribution in [2.24, 2.45) is 0 Å². The standard InChI is InChI=1S/C21H33N3O2/c1-17-13-23-7-3-4-20(23)16-24(17)14-18-5-6-21(25-2)19(12-18)15-22-8-10-26-11-9-22/h5-6,12,17,20H,3-4,7-11,13-16H2,1-2H3/t17-,20+/m0/s1. The summed E-state index contributed by atoms with van der Waals surface area (Å²) in [6.07, 6.45) is 2.74. The summed E-state index contributed by atoms with van der Waals surface area (Å²) >= 11 is 0. The molecular formula is C21H33N3O2. The molecule has 0 saturated carbocycles. The zero-order valence-electron chi connectivity index (χ0n) is 16.3. The van der Waals surface area contributed by atoms with Gasteiger partial charge in [-0.1, -0.05) is 6.07 Å². The number of hydrogen-bond donors (Lipinski definition) is 0. The minimum absolute atomic E-state index is 0.633. The fourth-order valence-corrected chi connectivity index (χ4v) is 4.76. The van der Waals surface area contributed by atoms with Crippen LogP contribution in [0.5, 0.6) is 5.75 Å². The van der Waals surface area contributed by atoms with Crippen LogP contribution in [0, 0.1) is 0 Å². The maximum absolute atomic E-state index is 5.63. The summed E-state index contributed by atoms with van der Waals surface area (Å²) in [5.41, 5.74) is 2.71. The maximum Gasteiger partial charge on any atom is 0.123 e. The molecule has 3 saturated heterocycles. The average molecular weight is 360 g/mol. The van der Waals surface area contributed by atoms with Crippen molar-refractivity contribution in [2.45, 2.75) is 44.9 Å². The number of ether oxygens (including phenoxy) is 2. The normalized spacial score (nSPS) is 28.2. The smallest absolute Gasteiger partial charge is 0.123 e. The predicted octanol–water partition coefficient (Wildman–Crippen LogP) is 2.20. The number of benzene rings is 1. The van der Waals surface area contributed by atoms with Gasteiger partial charge in [-0.15, -0.1) is 0 Å². The van der Waals surface area contributed by atoms with Gasteiger partial charge < -0.3 is 9.47 Å². The molecule has 3 aliphatic heterocycles. The lowest BCUT2D eigenvalue weighted by molar-refractivity contribution is 0.0338. The number of piperazine rings is 1. The van der Waals surface area contributed by atoms with E-state index >= 15 is 0 Å². The molecule has 5 nitrogen and oxygen atoms in total. The van der Waals surface area contributed by atoms with Gasteiger partial charge in [-0.2, -0.15) is 0 Å². The maximum atomic E-state index is 5.63. The second kappa shape index (κ2) is 8.26. The van der Waals surface area contributed by atoms with Crippen molar-refractivity contribution in [3.8, 4) is 5.75 Å². The summed E-state index contributed by atoms with van der Waals surface area (Å²) in [6.45, 7) is 11.8. The molecule has 3 heterocycles. The minimum Gasteiger partial charge on any atom is -0.496 e. The predicted molar refractivity (Wildman–Crippen MR) is 104 cm³/mol. The van der Waals surface area contributed by atoms with Gasteiger partial charge in [-0.25, -0.2) is 0 Å². The molecule has 0 unspecified atom stereocenters. The average Bonchev–Trinajstić information content (AvgIpc) is 3.10. The molecule has 4 rings (SSSR count). The number of rotatable bonds is 5. The van der Waals surface area contributed by atoms with Crippen LogP contribution >= 0.6 is 0 Å². The molecular weight excluding hydrogens is 326 g/mol. The zero-order valence-corrected chi connectivity index (χ0v) is 16.3. The van der Waals surface area contributed by atoms with E-state index in [4.69, 9.17) is 9.47 Å². The summed E-state index contributed by atoms with van der Waals surface area (Å²) in [7, 11) is 1.78. The van der Waals surface area contributed by atoms with E-state index in [1.165, 1.54) is 43.6 Å². The van der Waals surface area contributed by atoms with Crippen molar-refractivity contribution >= 4 is 0 Å². The van der Waals surface area contributed by atoms with Crippen LogP contribution in [0.2, 0.25) is 0 Å². The lowest BCUT2D eigenvalue weighted by atomic mass is 10.0. The van der Waals surface area contributed by atoms with Crippen LogP contribution in [0.3, 0.4) is 0 Å². The molecule has 0 radical (unpaired) electrons. The van der Waals surface area contributed by atoms with E-state index in [1.807, 2.05) is 0 Å². The van der Waals surface area contributed by atoms with Crippen LogP contribution in [-0.2, 0) is 17.8 Å². The minimum atomic E-state index is 0.633. The Morgan fingerprint density at radius 3 is 2.77 bits per heavy atom. The van der Waals surface area contributed by atoms with Crippen LogP contribution in [0.1, 0.15) is 30.9 Å². The van der Waals surface area contributed by atoms with Crippen LogP contribution in [0.15, 0.2) is 18.2 Å². The monoisotopic (exact) mass is 359 g/mol. The molecule has 1 aromatic rings. The molecule has 0 amide bonds. The first-order chi connectivity index (χ1) is 12.7. The van der Waals surface area contributed by atoms with Crippen LogP contribution in [0.4, 0.5) is 0 Å². The first kappa shape index (κ1) is 18.2. The molecule has 0 aromatic heterocycles. The summed E-state index contributed by atoms with van der Waals surface area (Å²) in [6, 6.07) is 8.17. The van der Waals surface area contributed by atoms with Crippen molar-refractivity contribution in [1.82, 2.24) is 14.7 Å². The molecule has 0 bridgehead atoms. The van der Waals surface area contributed by atoms with Gasteiger partial charge in [0.25, 0.3) is 0 Å². The molecule has 0 N–H and O–H groups in total. The second-order valence-electron chi connectivity index (χ2n) is 8.10. The van der Waals surface area contributed by atoms with E-state index in [1.54, 1.807) is 7.11 Å². The third-order valence-corrected chi connectivity index (χ3v) is 6.29. The Morgan fingerprint density at radius 2 is 1.96 bits per heavy atom.